The van der Waals surface area contributed by atoms with Crippen molar-refractivity contribution >= 4 is 52.9 Å². The third-order valence-electron chi connectivity index (χ3n) is 2.81. The second-order valence-corrected chi connectivity index (χ2v) is 6.31. The van der Waals surface area contributed by atoms with E-state index in [1.54, 1.807) is 0 Å². The van der Waals surface area contributed by atoms with Crippen molar-refractivity contribution in [1.29, 1.82) is 0 Å². The first kappa shape index (κ1) is 12.1. The van der Waals surface area contributed by atoms with Gasteiger partial charge in [-0.2, -0.15) is 0 Å². The molecule has 0 nitrogen and oxygen atoms in total. The summed E-state index contributed by atoms with van der Waals surface area (Å²) in [6.07, 6.45) is 0. The van der Waals surface area contributed by atoms with Crippen LogP contribution < -0.4 is 0 Å². The Morgan fingerprint density at radius 3 is 2.56 bits per heavy atom. The van der Waals surface area contributed by atoms with Gasteiger partial charge in [-0.15, -0.1) is 0 Å². The van der Waals surface area contributed by atoms with Gasteiger partial charge in [-0.3, -0.25) is 0 Å². The topological polar surface area (TPSA) is 0 Å². The Balaban J connectivity index is 2.60. The highest BCUT2D eigenvalue weighted by molar-refractivity contribution is 9.14. The van der Waals surface area contributed by atoms with Crippen LogP contribution >= 0.6 is 31.9 Å². The molecule has 0 aromatic heterocycles. The molecule has 0 heterocycles. The molecular formula is C13H12Br2Si. The van der Waals surface area contributed by atoms with Crippen LogP contribution in [-0.4, -0.2) is 10.2 Å². The molecule has 82 valence electrons. The third-order valence-corrected chi connectivity index (χ3v) is 6.92. The largest absolute Gasteiger partial charge is 0.0616 e. The lowest BCUT2D eigenvalue weighted by Gasteiger charge is -2.13. The molecule has 3 heteroatoms. The molecule has 0 saturated heterocycles. The Bertz CT molecular complexity index is 529. The van der Waals surface area contributed by atoms with Gasteiger partial charge in [0, 0.05) is 20.3 Å². The number of benzene rings is 2. The predicted octanol–water partition coefficient (Wildman–Crippen LogP) is 3.88. The first-order chi connectivity index (χ1) is 7.74. The third kappa shape index (κ3) is 2.31. The molecule has 0 aliphatic carbocycles. The van der Waals surface area contributed by atoms with Crippen molar-refractivity contribution in [1.82, 2.24) is 0 Å². The number of rotatable bonds is 2. The molecule has 0 N–H and O–H groups in total. The molecule has 1 unspecified atom stereocenters. The molecule has 2 aromatic carbocycles. The molecule has 0 amide bonds. The standard InChI is InChI=1S/C13H12Br2Si/c14-8-12(15)13(16)11-7-3-5-9-4-1-2-6-10(9)11/h1-8,13H,16H3. The smallest absolute Gasteiger partial charge is 0.0186 e. The van der Waals surface area contributed by atoms with Gasteiger partial charge in [0.25, 0.3) is 0 Å². The highest BCUT2D eigenvalue weighted by Crippen LogP contribution is 2.31. The monoisotopic (exact) mass is 354 g/mol. The Morgan fingerprint density at radius 1 is 1.12 bits per heavy atom. The van der Waals surface area contributed by atoms with Crippen LogP contribution in [0.25, 0.3) is 10.8 Å². The predicted molar refractivity (Wildman–Crippen MR) is 82.6 cm³/mol. The maximum Gasteiger partial charge on any atom is 0.0186 e. The normalized spacial score (nSPS) is 14.2. The van der Waals surface area contributed by atoms with Crippen LogP contribution in [0, 0.1) is 0 Å². The molecule has 0 spiro atoms. The summed E-state index contributed by atoms with van der Waals surface area (Å²) in [6, 6.07) is 15.1. The molecule has 2 aromatic rings. The SMILES string of the molecule is [SiH3]C(C(Br)=CBr)c1cccc2ccccc12. The van der Waals surface area contributed by atoms with E-state index in [4.69, 9.17) is 0 Å². The summed E-state index contributed by atoms with van der Waals surface area (Å²) in [4.78, 5) is 1.96. The lowest BCUT2D eigenvalue weighted by Crippen LogP contribution is -1.98. The zero-order valence-electron chi connectivity index (χ0n) is 8.95. The van der Waals surface area contributed by atoms with Gasteiger partial charge < -0.3 is 0 Å². The van der Waals surface area contributed by atoms with Crippen molar-refractivity contribution in [2.24, 2.45) is 0 Å². The van der Waals surface area contributed by atoms with E-state index in [1.165, 1.54) is 20.8 Å². The lowest BCUT2D eigenvalue weighted by atomic mass is 10.0. The Hall–Kier alpha value is -0.383. The fraction of sp³-hybridized carbons (Fsp3) is 0.0769. The molecular weight excluding hydrogens is 344 g/mol. The molecule has 0 bridgehead atoms. The molecule has 0 saturated carbocycles. The first-order valence-electron chi connectivity index (χ1n) is 5.17. The zero-order chi connectivity index (χ0) is 11.5. The van der Waals surface area contributed by atoms with Crippen LogP contribution in [0.15, 0.2) is 51.9 Å². The van der Waals surface area contributed by atoms with Crippen molar-refractivity contribution in [3.8, 4) is 0 Å². The Kier molecular flexibility index (Phi) is 4.00. The van der Waals surface area contributed by atoms with Crippen molar-refractivity contribution < 1.29 is 0 Å². The van der Waals surface area contributed by atoms with E-state index in [0.29, 0.717) is 5.54 Å². The van der Waals surface area contributed by atoms with Crippen molar-refractivity contribution in [3.05, 3.63) is 57.5 Å². The lowest BCUT2D eigenvalue weighted by molar-refractivity contribution is 1.22. The maximum absolute atomic E-state index is 3.61. The van der Waals surface area contributed by atoms with Gasteiger partial charge >= 0.3 is 0 Å². The van der Waals surface area contributed by atoms with E-state index in [0.717, 1.165) is 10.2 Å². The minimum absolute atomic E-state index is 0.505. The van der Waals surface area contributed by atoms with Crippen molar-refractivity contribution in [2.75, 3.05) is 0 Å². The molecule has 0 fully saturated rings. The minimum Gasteiger partial charge on any atom is -0.0616 e. The summed E-state index contributed by atoms with van der Waals surface area (Å²) in [6.45, 7) is 0. The summed E-state index contributed by atoms with van der Waals surface area (Å²) in [5, 5.41) is 2.67. The van der Waals surface area contributed by atoms with Crippen LogP contribution in [-0.2, 0) is 0 Å². The van der Waals surface area contributed by atoms with Crippen LogP contribution in [0.3, 0.4) is 0 Å². The molecule has 0 aliphatic rings. The van der Waals surface area contributed by atoms with Gasteiger partial charge in [0.1, 0.15) is 0 Å². The first-order valence-corrected chi connectivity index (χ1v) is 8.04. The molecule has 16 heavy (non-hydrogen) atoms. The Labute approximate surface area is 115 Å². The van der Waals surface area contributed by atoms with Crippen LogP contribution in [0.1, 0.15) is 11.1 Å². The van der Waals surface area contributed by atoms with Gasteiger partial charge in [0.05, 0.1) is 0 Å². The second kappa shape index (κ2) is 5.30. The van der Waals surface area contributed by atoms with E-state index in [9.17, 15) is 0 Å². The number of allylic oxidation sites excluding steroid dienone is 1. The van der Waals surface area contributed by atoms with Gasteiger partial charge in [0.2, 0.25) is 0 Å². The Morgan fingerprint density at radius 2 is 1.81 bits per heavy atom. The van der Waals surface area contributed by atoms with Gasteiger partial charge in [-0.05, 0) is 21.3 Å². The fourth-order valence-electron chi connectivity index (χ4n) is 1.87. The van der Waals surface area contributed by atoms with Crippen LogP contribution in [0.4, 0.5) is 0 Å². The summed E-state index contributed by atoms with van der Waals surface area (Å²) in [5.74, 6) is 0. The molecule has 2 rings (SSSR count). The van der Waals surface area contributed by atoms with E-state index in [-0.39, 0.29) is 0 Å². The van der Waals surface area contributed by atoms with Crippen LogP contribution in [0.5, 0.6) is 0 Å². The van der Waals surface area contributed by atoms with E-state index in [1.807, 2.05) is 4.99 Å². The van der Waals surface area contributed by atoms with Gasteiger partial charge in [-0.1, -0.05) is 74.3 Å². The zero-order valence-corrected chi connectivity index (χ0v) is 14.1. The van der Waals surface area contributed by atoms with E-state index in [2.05, 4.69) is 74.3 Å². The quantitative estimate of drug-likeness (QED) is 0.717. The molecule has 0 radical (unpaired) electrons. The summed E-state index contributed by atoms with van der Waals surface area (Å²) < 4.78 is 1.22. The fourth-order valence-corrected chi connectivity index (χ4v) is 3.67. The van der Waals surface area contributed by atoms with Crippen LogP contribution in [0.2, 0.25) is 0 Å². The second-order valence-electron chi connectivity index (χ2n) is 3.78. The molecule has 0 aliphatic heterocycles. The number of hydrogen-bond acceptors (Lipinski definition) is 0. The van der Waals surface area contributed by atoms with Gasteiger partial charge in [0.15, 0.2) is 0 Å². The maximum atomic E-state index is 3.61. The van der Waals surface area contributed by atoms with Crippen molar-refractivity contribution in [3.63, 3.8) is 0 Å². The number of hydrogen-bond donors (Lipinski definition) is 0. The number of halogens is 2. The highest BCUT2D eigenvalue weighted by atomic mass is 79.9. The average molecular weight is 356 g/mol. The summed E-state index contributed by atoms with van der Waals surface area (Å²) >= 11 is 7.00. The minimum atomic E-state index is 0.505. The van der Waals surface area contributed by atoms with Gasteiger partial charge in [-0.25, -0.2) is 0 Å². The highest BCUT2D eigenvalue weighted by Gasteiger charge is 2.11. The summed E-state index contributed by atoms with van der Waals surface area (Å²) in [7, 11) is 1.09. The molecule has 1 atom stereocenters. The number of fused-ring (bicyclic) bond motifs is 1. The summed E-state index contributed by atoms with van der Waals surface area (Å²) in [5.41, 5.74) is 1.91. The van der Waals surface area contributed by atoms with E-state index < -0.39 is 0 Å². The van der Waals surface area contributed by atoms with Crippen molar-refractivity contribution in [2.45, 2.75) is 5.54 Å². The average Bonchev–Trinajstić information content (AvgIpc) is 2.36. The van der Waals surface area contributed by atoms with E-state index >= 15 is 0 Å².